The Morgan fingerprint density at radius 1 is 1.06 bits per heavy atom. The van der Waals surface area contributed by atoms with Crippen LogP contribution in [0, 0.1) is 13.8 Å². The lowest BCUT2D eigenvalue weighted by Crippen LogP contribution is -2.36. The first-order chi connectivity index (χ1) is 15.3. The van der Waals surface area contributed by atoms with Gasteiger partial charge in [0.15, 0.2) is 0 Å². The minimum atomic E-state index is -3.61. The van der Waals surface area contributed by atoms with Gasteiger partial charge in [0, 0.05) is 31.9 Å². The molecular weight excluding hydrogens is 444 g/mol. The van der Waals surface area contributed by atoms with Gasteiger partial charge in [0.2, 0.25) is 10.0 Å². The van der Waals surface area contributed by atoms with Crippen molar-refractivity contribution in [3.05, 3.63) is 22.3 Å². The van der Waals surface area contributed by atoms with E-state index in [9.17, 15) is 13.2 Å². The van der Waals surface area contributed by atoms with Crippen LogP contribution >= 0.6 is 11.3 Å². The Morgan fingerprint density at radius 2 is 1.69 bits per heavy atom. The number of hydrogen-bond acceptors (Lipinski definition) is 5. The number of aryl methyl sites for hydroxylation is 1. The number of likely N-dealkylation sites (tertiary alicyclic amines) is 1. The van der Waals surface area contributed by atoms with Crippen LogP contribution in [0.25, 0.3) is 10.7 Å². The normalized spacial score (nSPS) is 18.7. The van der Waals surface area contributed by atoms with Crippen molar-refractivity contribution in [3.63, 3.8) is 0 Å². The summed E-state index contributed by atoms with van der Waals surface area (Å²) in [4.78, 5) is 20.7. The fraction of sp³-hybridized carbons (Fsp3) is 0.652. The number of amides is 1. The maximum atomic E-state index is 13.1. The Kier molecular flexibility index (Phi) is 7.07. The highest BCUT2D eigenvalue weighted by Crippen LogP contribution is 2.33. The maximum absolute atomic E-state index is 13.1. The molecule has 2 fully saturated rings. The Hall–Kier alpha value is -1.71. The number of nitrogens with zero attached hydrogens (tertiary/aromatic N) is 3. The lowest BCUT2D eigenvalue weighted by Gasteiger charge is -2.22. The van der Waals surface area contributed by atoms with E-state index >= 15 is 0 Å². The van der Waals surface area contributed by atoms with Crippen LogP contribution in [-0.4, -0.2) is 47.9 Å². The molecule has 1 aliphatic carbocycles. The number of carbonyl (C=O) groups excluding carboxylic acids is 1. The van der Waals surface area contributed by atoms with Crippen LogP contribution in [-0.2, 0) is 17.1 Å². The summed E-state index contributed by atoms with van der Waals surface area (Å²) in [5, 5.41) is 0.686. The number of nitrogens with one attached hydrogen (secondary N) is 1. The summed E-state index contributed by atoms with van der Waals surface area (Å²) in [7, 11) is -1.75. The topological polar surface area (TPSA) is 84.3 Å². The number of thiazole rings is 1. The Bertz CT molecular complexity index is 1070. The van der Waals surface area contributed by atoms with Crippen molar-refractivity contribution in [1.82, 2.24) is 19.2 Å². The highest BCUT2D eigenvalue weighted by Gasteiger charge is 2.28. The van der Waals surface area contributed by atoms with Gasteiger partial charge < -0.3 is 9.47 Å². The molecule has 9 heteroatoms. The molecule has 1 N–H and O–H groups in total. The van der Waals surface area contributed by atoms with Gasteiger partial charge in [-0.2, -0.15) is 0 Å². The van der Waals surface area contributed by atoms with Crippen LogP contribution in [0.1, 0.15) is 78.8 Å². The van der Waals surface area contributed by atoms with Crippen LogP contribution < -0.4 is 4.72 Å². The van der Waals surface area contributed by atoms with E-state index in [4.69, 9.17) is 0 Å². The molecule has 1 saturated heterocycles. The molecule has 3 heterocycles. The molecule has 0 bridgehead atoms. The second-order valence-electron chi connectivity index (χ2n) is 9.13. The van der Waals surface area contributed by atoms with Gasteiger partial charge in [0.1, 0.15) is 14.8 Å². The van der Waals surface area contributed by atoms with Crippen LogP contribution in [0.5, 0.6) is 0 Å². The minimum absolute atomic E-state index is 0.0109. The molecule has 32 heavy (non-hydrogen) atoms. The third-order valence-corrected chi connectivity index (χ3v) is 9.61. The minimum Gasteiger partial charge on any atom is -0.345 e. The maximum Gasteiger partial charge on any atom is 0.265 e. The molecule has 0 unspecified atom stereocenters. The SMILES string of the molecule is Cc1nc(-c2cc(S(=O)(=O)NC3CCCCC3)c(C)n2C)sc1C(=O)N1CCCCCC1. The number of aromatic nitrogens is 2. The first-order valence-corrected chi connectivity index (χ1v) is 14.0. The van der Waals surface area contributed by atoms with Crippen molar-refractivity contribution in [2.45, 2.75) is 82.6 Å². The molecule has 2 aromatic heterocycles. The fourth-order valence-corrected chi connectivity index (χ4v) is 7.45. The summed E-state index contributed by atoms with van der Waals surface area (Å²) in [5.74, 6) is 0.0471. The van der Waals surface area contributed by atoms with Crippen molar-refractivity contribution < 1.29 is 13.2 Å². The molecule has 2 aromatic rings. The van der Waals surface area contributed by atoms with E-state index in [-0.39, 0.29) is 11.9 Å². The molecule has 1 saturated carbocycles. The van der Waals surface area contributed by atoms with E-state index in [0.717, 1.165) is 57.3 Å². The van der Waals surface area contributed by atoms with Gasteiger partial charge in [0.25, 0.3) is 5.91 Å². The molecule has 0 radical (unpaired) electrons. The van der Waals surface area contributed by atoms with Crippen LogP contribution in [0.4, 0.5) is 0 Å². The molecule has 0 aromatic carbocycles. The lowest BCUT2D eigenvalue weighted by molar-refractivity contribution is 0.0765. The summed E-state index contributed by atoms with van der Waals surface area (Å²) < 4.78 is 31.0. The van der Waals surface area contributed by atoms with Gasteiger partial charge in [-0.3, -0.25) is 4.79 Å². The van der Waals surface area contributed by atoms with Crippen LogP contribution in [0.15, 0.2) is 11.0 Å². The van der Waals surface area contributed by atoms with Crippen molar-refractivity contribution in [1.29, 1.82) is 0 Å². The van der Waals surface area contributed by atoms with Gasteiger partial charge in [-0.25, -0.2) is 18.1 Å². The summed E-state index contributed by atoms with van der Waals surface area (Å²) >= 11 is 1.37. The Labute approximate surface area is 195 Å². The molecular formula is C23H34N4O3S2. The number of carbonyl (C=O) groups is 1. The summed E-state index contributed by atoms with van der Waals surface area (Å²) in [5.41, 5.74) is 2.12. The van der Waals surface area contributed by atoms with Crippen LogP contribution in [0.2, 0.25) is 0 Å². The molecule has 0 atom stereocenters. The quantitative estimate of drug-likeness (QED) is 0.691. The van der Waals surface area contributed by atoms with Gasteiger partial charge >= 0.3 is 0 Å². The van der Waals surface area contributed by atoms with Crippen molar-refractivity contribution in [2.75, 3.05) is 13.1 Å². The van der Waals surface area contributed by atoms with Crippen molar-refractivity contribution >= 4 is 27.3 Å². The average molecular weight is 479 g/mol. The van der Waals surface area contributed by atoms with Crippen molar-refractivity contribution in [3.8, 4) is 10.7 Å². The Balaban J connectivity index is 1.61. The van der Waals surface area contributed by atoms with Gasteiger partial charge in [0.05, 0.1) is 11.4 Å². The monoisotopic (exact) mass is 478 g/mol. The lowest BCUT2D eigenvalue weighted by atomic mass is 9.96. The standard InChI is InChI=1S/C23H34N4O3S2/c1-16-21(23(28)27-13-9-4-5-10-14-27)31-22(24-16)19-15-20(17(2)26(19)3)32(29,30)25-18-11-7-6-8-12-18/h15,18,25H,4-14H2,1-3H3. The fourth-order valence-electron chi connectivity index (χ4n) is 4.77. The zero-order chi connectivity index (χ0) is 22.9. The van der Waals surface area contributed by atoms with Gasteiger partial charge in [-0.05, 0) is 45.6 Å². The second kappa shape index (κ2) is 9.65. The largest absolute Gasteiger partial charge is 0.345 e. The van der Waals surface area contributed by atoms with E-state index in [1.807, 2.05) is 30.4 Å². The third kappa shape index (κ3) is 4.79. The molecule has 1 aliphatic heterocycles. The zero-order valence-corrected chi connectivity index (χ0v) is 20.9. The summed E-state index contributed by atoms with van der Waals surface area (Å²) in [6, 6.07) is 1.72. The molecule has 1 amide bonds. The zero-order valence-electron chi connectivity index (χ0n) is 19.3. The van der Waals surface area contributed by atoms with E-state index < -0.39 is 10.0 Å². The Morgan fingerprint density at radius 3 is 2.34 bits per heavy atom. The first-order valence-electron chi connectivity index (χ1n) is 11.7. The molecule has 176 valence electrons. The summed E-state index contributed by atoms with van der Waals surface area (Å²) in [6.07, 6.45) is 9.53. The molecule has 7 nitrogen and oxygen atoms in total. The van der Waals surface area contributed by atoms with E-state index in [1.165, 1.54) is 30.6 Å². The second-order valence-corrected chi connectivity index (χ2v) is 11.8. The van der Waals surface area contributed by atoms with Crippen molar-refractivity contribution in [2.24, 2.45) is 7.05 Å². The average Bonchev–Trinajstić information content (AvgIpc) is 3.15. The predicted octanol–water partition coefficient (Wildman–Crippen LogP) is 4.39. The predicted molar refractivity (Wildman–Crippen MR) is 128 cm³/mol. The number of hydrogen-bond donors (Lipinski definition) is 1. The summed E-state index contributed by atoms with van der Waals surface area (Å²) in [6.45, 7) is 5.28. The van der Waals surface area contributed by atoms with E-state index in [0.29, 0.717) is 26.2 Å². The molecule has 2 aliphatic rings. The third-order valence-electron chi connectivity index (χ3n) is 6.81. The number of rotatable bonds is 5. The molecule has 4 rings (SSSR count). The van der Waals surface area contributed by atoms with E-state index in [1.54, 1.807) is 6.07 Å². The highest BCUT2D eigenvalue weighted by molar-refractivity contribution is 7.89. The smallest absolute Gasteiger partial charge is 0.265 e. The highest BCUT2D eigenvalue weighted by atomic mass is 32.2. The van der Waals surface area contributed by atoms with Gasteiger partial charge in [-0.1, -0.05) is 32.1 Å². The van der Waals surface area contributed by atoms with E-state index in [2.05, 4.69) is 9.71 Å². The first kappa shape index (κ1) is 23.4. The van der Waals surface area contributed by atoms with Crippen LogP contribution in [0.3, 0.4) is 0 Å². The van der Waals surface area contributed by atoms with Gasteiger partial charge in [-0.15, -0.1) is 11.3 Å². The molecule has 0 spiro atoms. The number of sulfonamides is 1.